The fraction of sp³-hybridized carbons (Fsp3) is 0.597. The molecule has 78 heavy (non-hydrogen) atoms. The summed E-state index contributed by atoms with van der Waals surface area (Å²) in [6.45, 7) is 6.30. The van der Waals surface area contributed by atoms with Crippen molar-refractivity contribution in [2.75, 3.05) is 13.2 Å². The Hall–Kier alpha value is -4.97. The molecule has 6 nitrogen and oxygen atoms in total. The molecule has 0 heterocycles. The summed E-state index contributed by atoms with van der Waals surface area (Å²) in [7, 11) is 0. The Morgan fingerprint density at radius 2 is 0.538 bits per heavy atom. The number of rotatable bonds is 55. The minimum absolute atomic E-state index is 0.0917. The zero-order chi connectivity index (χ0) is 56.4. The highest BCUT2D eigenvalue weighted by Crippen LogP contribution is 2.15. The van der Waals surface area contributed by atoms with Crippen molar-refractivity contribution in [3.8, 4) is 0 Å². The molecule has 0 rings (SSSR count). The molecule has 0 bridgehead atoms. The predicted molar refractivity (Wildman–Crippen MR) is 338 cm³/mol. The molecular weight excluding hydrogens is 961 g/mol. The van der Waals surface area contributed by atoms with Crippen molar-refractivity contribution in [2.24, 2.45) is 0 Å². The van der Waals surface area contributed by atoms with Gasteiger partial charge in [-0.15, -0.1) is 0 Å². The van der Waals surface area contributed by atoms with Crippen LogP contribution < -0.4 is 0 Å². The van der Waals surface area contributed by atoms with Gasteiger partial charge in [-0.25, -0.2) is 0 Å². The highest BCUT2D eigenvalue weighted by molar-refractivity contribution is 5.72. The van der Waals surface area contributed by atoms with E-state index in [4.69, 9.17) is 14.2 Å². The molecule has 0 radical (unpaired) electrons. The van der Waals surface area contributed by atoms with E-state index in [1.165, 1.54) is 89.9 Å². The van der Waals surface area contributed by atoms with Gasteiger partial charge in [-0.2, -0.15) is 0 Å². The minimum Gasteiger partial charge on any atom is -0.462 e. The van der Waals surface area contributed by atoms with Gasteiger partial charge in [0.1, 0.15) is 13.2 Å². The van der Waals surface area contributed by atoms with Gasteiger partial charge < -0.3 is 14.2 Å². The van der Waals surface area contributed by atoms with E-state index in [9.17, 15) is 14.4 Å². The Kier molecular flexibility index (Phi) is 60.4. The first-order valence-electron chi connectivity index (χ1n) is 31.5. The van der Waals surface area contributed by atoms with Gasteiger partial charge >= 0.3 is 17.9 Å². The molecule has 0 aliphatic rings. The van der Waals surface area contributed by atoms with Gasteiger partial charge in [0, 0.05) is 12.8 Å². The Labute approximate surface area is 480 Å². The van der Waals surface area contributed by atoms with Crippen LogP contribution in [0.4, 0.5) is 0 Å². The Morgan fingerprint density at radius 3 is 0.846 bits per heavy atom. The summed E-state index contributed by atoms with van der Waals surface area (Å²) >= 11 is 0. The van der Waals surface area contributed by atoms with E-state index in [-0.39, 0.29) is 31.6 Å². The second kappa shape index (κ2) is 64.6. The van der Waals surface area contributed by atoms with E-state index in [1.807, 2.05) is 6.08 Å². The summed E-state index contributed by atoms with van der Waals surface area (Å²) in [4.78, 5) is 38.1. The summed E-state index contributed by atoms with van der Waals surface area (Å²) in [5.41, 5.74) is 0. The third kappa shape index (κ3) is 61.9. The van der Waals surface area contributed by atoms with Crippen LogP contribution in [0.3, 0.4) is 0 Å². The molecule has 0 aromatic rings. The molecule has 0 saturated heterocycles. The average Bonchev–Trinajstić information content (AvgIpc) is 3.44. The second-order valence-electron chi connectivity index (χ2n) is 20.2. The van der Waals surface area contributed by atoms with E-state index < -0.39 is 12.1 Å². The van der Waals surface area contributed by atoms with E-state index in [2.05, 4.69) is 167 Å². The van der Waals surface area contributed by atoms with Crippen molar-refractivity contribution in [2.45, 2.75) is 264 Å². The number of carbonyl (C=O) groups excluding carboxylic acids is 3. The summed E-state index contributed by atoms with van der Waals surface area (Å²) in [6, 6.07) is 0. The highest BCUT2D eigenvalue weighted by atomic mass is 16.6. The van der Waals surface area contributed by atoms with Crippen LogP contribution in [0.15, 0.2) is 158 Å². The maximum Gasteiger partial charge on any atom is 0.310 e. The smallest absolute Gasteiger partial charge is 0.310 e. The summed E-state index contributed by atoms with van der Waals surface area (Å²) < 4.78 is 16.7. The number of unbranched alkanes of at least 4 members (excludes halogenated alkanes) is 19. The number of carbonyl (C=O) groups is 3. The molecule has 0 aliphatic heterocycles. The van der Waals surface area contributed by atoms with Gasteiger partial charge in [0.25, 0.3) is 0 Å². The van der Waals surface area contributed by atoms with Crippen molar-refractivity contribution in [3.05, 3.63) is 158 Å². The van der Waals surface area contributed by atoms with Crippen LogP contribution in [-0.2, 0) is 28.6 Å². The van der Waals surface area contributed by atoms with Gasteiger partial charge in [-0.1, -0.05) is 288 Å². The first-order valence-corrected chi connectivity index (χ1v) is 31.5. The monoisotopic (exact) mass is 1070 g/mol. The first kappa shape index (κ1) is 73.0. The molecule has 0 fully saturated rings. The third-order valence-corrected chi connectivity index (χ3v) is 12.8. The molecule has 1 unspecified atom stereocenters. The van der Waals surface area contributed by atoms with Crippen LogP contribution >= 0.6 is 0 Å². The van der Waals surface area contributed by atoms with E-state index in [0.717, 1.165) is 122 Å². The second-order valence-corrected chi connectivity index (χ2v) is 20.2. The zero-order valence-electron chi connectivity index (χ0n) is 50.1. The maximum atomic E-state index is 12.8. The number of esters is 3. The van der Waals surface area contributed by atoms with Gasteiger partial charge in [0.05, 0.1) is 6.42 Å². The Balaban J connectivity index is 4.24. The molecule has 0 spiro atoms. The number of ether oxygens (including phenoxy) is 3. The van der Waals surface area contributed by atoms with E-state index in [0.29, 0.717) is 19.3 Å². The highest BCUT2D eigenvalue weighted by Gasteiger charge is 2.19. The lowest BCUT2D eigenvalue weighted by Gasteiger charge is -2.18. The van der Waals surface area contributed by atoms with Crippen LogP contribution in [0.1, 0.15) is 258 Å². The van der Waals surface area contributed by atoms with Crippen molar-refractivity contribution < 1.29 is 28.6 Å². The molecule has 0 aromatic carbocycles. The number of allylic oxidation sites excluding steroid dienone is 25. The van der Waals surface area contributed by atoms with E-state index in [1.54, 1.807) is 6.08 Å². The lowest BCUT2D eigenvalue weighted by Crippen LogP contribution is -2.30. The molecule has 0 amide bonds. The average molecular weight is 1080 g/mol. The van der Waals surface area contributed by atoms with Crippen molar-refractivity contribution >= 4 is 17.9 Å². The number of hydrogen-bond donors (Lipinski definition) is 0. The molecule has 0 aromatic heterocycles. The third-order valence-electron chi connectivity index (χ3n) is 12.8. The van der Waals surface area contributed by atoms with Crippen LogP contribution in [0.25, 0.3) is 0 Å². The van der Waals surface area contributed by atoms with E-state index >= 15 is 0 Å². The van der Waals surface area contributed by atoms with Gasteiger partial charge in [-0.3, -0.25) is 14.4 Å². The summed E-state index contributed by atoms with van der Waals surface area (Å²) in [6.07, 6.45) is 94.3. The molecule has 0 aliphatic carbocycles. The number of hydrogen-bond acceptors (Lipinski definition) is 6. The summed E-state index contributed by atoms with van der Waals surface area (Å²) in [5.74, 6) is -1.06. The quantitative estimate of drug-likeness (QED) is 0.0261. The predicted octanol–water partition coefficient (Wildman–Crippen LogP) is 21.7. The molecule has 1 atom stereocenters. The molecular formula is C72H114O6. The normalized spacial score (nSPS) is 13.2. The SMILES string of the molecule is CC/C=C\C/C=C\C/C=C\C/C=C\C/C=C\C/C=C\C/C=C\C/C=C\CCCCCCCCCCCCC(=O)OCC(COC(=O)CCCCCCCCCCCC)OC(=O)C/C=C\C/C=C\C/C=C\C/C=C\C/C=C\CC. The molecule has 0 N–H and O–H groups in total. The zero-order valence-corrected chi connectivity index (χ0v) is 50.1. The van der Waals surface area contributed by atoms with Crippen LogP contribution in [0.2, 0.25) is 0 Å². The molecule has 6 heteroatoms. The van der Waals surface area contributed by atoms with Crippen molar-refractivity contribution in [3.63, 3.8) is 0 Å². The molecule has 0 saturated carbocycles. The maximum absolute atomic E-state index is 12.8. The van der Waals surface area contributed by atoms with Crippen LogP contribution in [0.5, 0.6) is 0 Å². The first-order chi connectivity index (χ1) is 38.5. The fourth-order valence-electron chi connectivity index (χ4n) is 8.18. The Bertz CT molecular complexity index is 1760. The topological polar surface area (TPSA) is 78.9 Å². The largest absolute Gasteiger partial charge is 0.462 e. The van der Waals surface area contributed by atoms with Gasteiger partial charge in [-0.05, 0) is 109 Å². The van der Waals surface area contributed by atoms with Gasteiger partial charge in [0.15, 0.2) is 6.10 Å². The lowest BCUT2D eigenvalue weighted by molar-refractivity contribution is -0.166. The van der Waals surface area contributed by atoms with Crippen molar-refractivity contribution in [1.29, 1.82) is 0 Å². The van der Waals surface area contributed by atoms with Crippen LogP contribution in [-0.4, -0.2) is 37.2 Å². The Morgan fingerprint density at radius 1 is 0.282 bits per heavy atom. The minimum atomic E-state index is -0.838. The van der Waals surface area contributed by atoms with Gasteiger partial charge in [0.2, 0.25) is 0 Å². The summed E-state index contributed by atoms with van der Waals surface area (Å²) in [5, 5.41) is 0. The standard InChI is InChI=1S/C72H114O6/c1-4-7-10-13-16-19-22-24-26-27-28-29-30-31-32-33-34-35-36-37-38-39-40-41-42-43-44-45-47-48-50-53-56-59-62-65-71(74)77-68-69(67-76-70(73)64-61-58-55-52-21-18-15-12-9-6-3)78-72(75)66-63-60-57-54-51-49-46-25-23-20-17-14-11-8-5-2/h7-8,10-11,16-17,19-20,24-26,28-29,31-32,34-35,37-38,40-41,46,51,54,60,63,69H,4-6,9,12-15,18,21-23,27,30,33,36,39,42-45,47-50,52-53,55-59,61-62,64-68H2,1-3H3/b10-7-,11-8-,19-16-,20-17-,26-24-,29-28-,32-31-,35-34-,38-37-,41-40-,46-25-,54-51-,63-60-. The lowest BCUT2D eigenvalue weighted by atomic mass is 10.1. The molecule has 438 valence electrons. The van der Waals surface area contributed by atoms with Crippen molar-refractivity contribution in [1.82, 2.24) is 0 Å². The fourth-order valence-corrected chi connectivity index (χ4v) is 8.18. The van der Waals surface area contributed by atoms with Crippen LogP contribution in [0, 0.1) is 0 Å².